The molecule has 2 aromatic carbocycles. The zero-order valence-electron chi connectivity index (χ0n) is 21.5. The SMILES string of the molecule is COc1ccc(Cl)cc1N(CC(=O)N(Cc1c(Cl)cccc1Cl)[C@@H](C)C(=O)NC1CCCCC1)S(C)(=O)=O. The Balaban J connectivity index is 1.96. The van der Waals surface area contributed by atoms with E-state index < -0.39 is 28.5 Å². The van der Waals surface area contributed by atoms with Crippen molar-refractivity contribution < 1.29 is 22.7 Å². The highest BCUT2D eigenvalue weighted by Crippen LogP contribution is 2.33. The second-order valence-corrected chi connectivity index (χ2v) is 12.5. The number of hydrogen-bond acceptors (Lipinski definition) is 5. The van der Waals surface area contributed by atoms with Gasteiger partial charge in [0.25, 0.3) is 0 Å². The number of nitrogens with zero attached hydrogens (tertiary/aromatic N) is 2. The van der Waals surface area contributed by atoms with Gasteiger partial charge in [-0.2, -0.15) is 0 Å². The van der Waals surface area contributed by atoms with Gasteiger partial charge >= 0.3 is 0 Å². The molecule has 12 heteroatoms. The third-order valence-electron chi connectivity index (χ3n) is 6.60. The molecule has 0 heterocycles. The summed E-state index contributed by atoms with van der Waals surface area (Å²) in [4.78, 5) is 28.4. The van der Waals surface area contributed by atoms with E-state index in [1.54, 1.807) is 31.2 Å². The number of nitrogens with one attached hydrogen (secondary N) is 1. The highest BCUT2D eigenvalue weighted by Gasteiger charge is 2.33. The van der Waals surface area contributed by atoms with Gasteiger partial charge in [-0.25, -0.2) is 8.42 Å². The summed E-state index contributed by atoms with van der Waals surface area (Å²) in [6.07, 6.45) is 5.92. The number of hydrogen-bond donors (Lipinski definition) is 1. The van der Waals surface area contributed by atoms with Crippen LogP contribution < -0.4 is 14.4 Å². The Kier molecular flexibility index (Phi) is 10.6. The van der Waals surface area contributed by atoms with Gasteiger partial charge in [-0.05, 0) is 50.1 Å². The molecule has 0 bridgehead atoms. The molecule has 0 spiro atoms. The Labute approximate surface area is 239 Å². The maximum atomic E-state index is 13.8. The van der Waals surface area contributed by atoms with E-state index >= 15 is 0 Å². The number of carbonyl (C=O) groups is 2. The minimum atomic E-state index is -3.96. The van der Waals surface area contributed by atoms with E-state index in [1.165, 1.54) is 24.1 Å². The number of ether oxygens (including phenoxy) is 1. The molecule has 208 valence electrons. The van der Waals surface area contributed by atoms with Crippen LogP contribution in [0.2, 0.25) is 15.1 Å². The number of sulfonamides is 1. The van der Waals surface area contributed by atoms with Crippen LogP contribution >= 0.6 is 34.8 Å². The van der Waals surface area contributed by atoms with Gasteiger partial charge in [-0.15, -0.1) is 0 Å². The number of anilines is 1. The highest BCUT2D eigenvalue weighted by molar-refractivity contribution is 7.92. The van der Waals surface area contributed by atoms with Crippen LogP contribution in [0, 0.1) is 0 Å². The maximum Gasteiger partial charge on any atom is 0.244 e. The van der Waals surface area contributed by atoms with E-state index in [0.717, 1.165) is 42.7 Å². The smallest absolute Gasteiger partial charge is 0.244 e. The van der Waals surface area contributed by atoms with Crippen molar-refractivity contribution in [1.29, 1.82) is 0 Å². The standard InChI is InChI=1S/C26H32Cl3N3O5S/c1-17(26(34)30-19-8-5-4-6-9-19)31(15-20-21(28)10-7-11-22(20)29)25(33)16-32(38(3,35)36)23-14-18(27)12-13-24(23)37-2/h7,10-14,17,19H,4-6,8-9,15-16H2,1-3H3,(H,30,34)/t17-/m0/s1. The summed E-state index contributed by atoms with van der Waals surface area (Å²) < 4.78 is 31.9. The van der Waals surface area contributed by atoms with Crippen molar-refractivity contribution in [3.8, 4) is 5.75 Å². The Morgan fingerprint density at radius 2 is 1.71 bits per heavy atom. The third kappa shape index (κ3) is 7.68. The molecule has 0 radical (unpaired) electrons. The lowest BCUT2D eigenvalue weighted by atomic mass is 9.95. The van der Waals surface area contributed by atoms with Gasteiger partial charge in [0.05, 0.1) is 19.1 Å². The summed E-state index contributed by atoms with van der Waals surface area (Å²) in [5.74, 6) is -0.740. The summed E-state index contributed by atoms with van der Waals surface area (Å²) in [7, 11) is -2.57. The van der Waals surface area contributed by atoms with E-state index in [1.807, 2.05) is 0 Å². The van der Waals surface area contributed by atoms with Gasteiger partial charge < -0.3 is 15.0 Å². The number of methoxy groups -OCH3 is 1. The van der Waals surface area contributed by atoms with Crippen molar-refractivity contribution in [3.05, 3.63) is 57.0 Å². The Morgan fingerprint density at radius 1 is 1.08 bits per heavy atom. The normalized spacial score (nSPS) is 15.0. The third-order valence-corrected chi connectivity index (χ3v) is 8.67. The Morgan fingerprint density at radius 3 is 2.29 bits per heavy atom. The number of carbonyl (C=O) groups excluding carboxylic acids is 2. The molecular formula is C26H32Cl3N3O5S. The first-order valence-corrected chi connectivity index (χ1v) is 15.2. The number of halogens is 3. The number of rotatable bonds is 10. The lowest BCUT2D eigenvalue weighted by molar-refractivity contribution is -0.139. The summed E-state index contributed by atoms with van der Waals surface area (Å²) in [6, 6.07) is 8.52. The predicted octanol–water partition coefficient (Wildman–Crippen LogP) is 5.29. The first-order chi connectivity index (χ1) is 17.9. The second kappa shape index (κ2) is 13.2. The van der Waals surface area contributed by atoms with Crippen LogP contribution in [0.25, 0.3) is 0 Å². The van der Waals surface area contributed by atoms with Crippen LogP contribution in [0.5, 0.6) is 5.75 Å². The molecule has 0 saturated heterocycles. The molecule has 0 unspecified atom stereocenters. The van der Waals surface area contributed by atoms with Gasteiger partial charge in [0.2, 0.25) is 21.8 Å². The molecular weight excluding hydrogens is 573 g/mol. The molecule has 1 N–H and O–H groups in total. The molecule has 2 amide bonds. The van der Waals surface area contributed by atoms with Crippen molar-refractivity contribution in [1.82, 2.24) is 10.2 Å². The summed E-state index contributed by atoms with van der Waals surface area (Å²) >= 11 is 18.9. The van der Waals surface area contributed by atoms with Crippen molar-refractivity contribution in [2.24, 2.45) is 0 Å². The molecule has 8 nitrogen and oxygen atoms in total. The fourth-order valence-corrected chi connectivity index (χ4v) is 5.99. The molecule has 3 rings (SSSR count). The number of benzene rings is 2. The second-order valence-electron chi connectivity index (χ2n) is 9.33. The van der Waals surface area contributed by atoms with Crippen LogP contribution in [0.1, 0.15) is 44.6 Å². The Bertz CT molecular complexity index is 1250. The van der Waals surface area contributed by atoms with E-state index in [0.29, 0.717) is 15.6 Å². The average molecular weight is 605 g/mol. The van der Waals surface area contributed by atoms with Crippen LogP contribution in [-0.4, -0.2) is 57.1 Å². The van der Waals surface area contributed by atoms with E-state index in [2.05, 4.69) is 5.32 Å². The molecule has 2 aromatic rings. The first kappa shape index (κ1) is 30.3. The molecule has 1 fully saturated rings. The van der Waals surface area contributed by atoms with Crippen LogP contribution in [-0.2, 0) is 26.2 Å². The fraction of sp³-hybridized carbons (Fsp3) is 0.462. The topological polar surface area (TPSA) is 96.0 Å². The van der Waals surface area contributed by atoms with Crippen molar-refractivity contribution in [2.45, 2.75) is 57.7 Å². The van der Waals surface area contributed by atoms with Crippen molar-refractivity contribution >= 4 is 62.3 Å². The first-order valence-electron chi connectivity index (χ1n) is 12.3. The van der Waals surface area contributed by atoms with E-state index in [-0.39, 0.29) is 35.0 Å². The quantitative estimate of drug-likeness (QED) is 0.398. The minimum Gasteiger partial charge on any atom is -0.495 e. The van der Waals surface area contributed by atoms with Gasteiger partial charge in [0.15, 0.2) is 0 Å². The van der Waals surface area contributed by atoms with Gasteiger partial charge in [-0.1, -0.05) is 60.1 Å². The van der Waals surface area contributed by atoms with Crippen LogP contribution in [0.4, 0.5) is 5.69 Å². The summed E-state index contributed by atoms with van der Waals surface area (Å²) in [6.45, 7) is 0.908. The zero-order valence-corrected chi connectivity index (χ0v) is 24.6. The maximum absolute atomic E-state index is 13.8. The van der Waals surface area contributed by atoms with Gasteiger partial charge in [0, 0.05) is 33.2 Å². The lowest BCUT2D eigenvalue weighted by Gasteiger charge is -2.33. The predicted molar refractivity (Wildman–Crippen MR) is 152 cm³/mol. The molecule has 1 aliphatic rings. The Hall–Kier alpha value is -2.20. The average Bonchev–Trinajstić information content (AvgIpc) is 2.86. The molecule has 1 atom stereocenters. The fourth-order valence-electron chi connectivity index (χ4n) is 4.46. The molecule has 0 aromatic heterocycles. The largest absolute Gasteiger partial charge is 0.495 e. The molecule has 1 aliphatic carbocycles. The van der Waals surface area contributed by atoms with Crippen molar-refractivity contribution in [3.63, 3.8) is 0 Å². The zero-order chi connectivity index (χ0) is 28.0. The number of amides is 2. The minimum absolute atomic E-state index is 0.0304. The lowest BCUT2D eigenvalue weighted by Crippen LogP contribution is -2.53. The van der Waals surface area contributed by atoms with Gasteiger partial charge in [-0.3, -0.25) is 13.9 Å². The van der Waals surface area contributed by atoms with Crippen LogP contribution in [0.3, 0.4) is 0 Å². The van der Waals surface area contributed by atoms with Gasteiger partial charge in [0.1, 0.15) is 18.3 Å². The van der Waals surface area contributed by atoms with Crippen molar-refractivity contribution in [2.75, 3.05) is 24.2 Å². The molecule has 0 aliphatic heterocycles. The molecule has 1 saturated carbocycles. The molecule has 38 heavy (non-hydrogen) atoms. The van der Waals surface area contributed by atoms with E-state index in [9.17, 15) is 18.0 Å². The van der Waals surface area contributed by atoms with Crippen LogP contribution in [0.15, 0.2) is 36.4 Å². The van der Waals surface area contributed by atoms with E-state index in [4.69, 9.17) is 39.5 Å². The summed E-state index contributed by atoms with van der Waals surface area (Å²) in [5.41, 5.74) is 0.554. The monoisotopic (exact) mass is 603 g/mol. The summed E-state index contributed by atoms with van der Waals surface area (Å²) in [5, 5.41) is 3.96. The highest BCUT2D eigenvalue weighted by atomic mass is 35.5.